The molecule has 1 aromatic carbocycles. The van der Waals surface area contributed by atoms with E-state index in [1.54, 1.807) is 17.0 Å². The fourth-order valence-electron chi connectivity index (χ4n) is 2.09. The molecule has 22 heavy (non-hydrogen) atoms. The lowest BCUT2D eigenvalue weighted by molar-refractivity contribution is -0.134. The highest BCUT2D eigenvalue weighted by molar-refractivity contribution is 7.89. The molecule has 0 aromatic heterocycles. The quantitative estimate of drug-likeness (QED) is 0.756. The van der Waals surface area contributed by atoms with Crippen LogP contribution in [-0.4, -0.2) is 63.3 Å². The number of rotatable bonds is 5. The van der Waals surface area contributed by atoms with Gasteiger partial charge in [-0.15, -0.1) is 0 Å². The van der Waals surface area contributed by atoms with Crippen LogP contribution in [-0.2, 0) is 19.6 Å². The summed E-state index contributed by atoms with van der Waals surface area (Å²) in [6, 6.07) is 6.02. The molecule has 0 unspecified atom stereocenters. The summed E-state index contributed by atoms with van der Waals surface area (Å²) in [6.07, 6.45) is 0.738. The van der Waals surface area contributed by atoms with Crippen LogP contribution >= 0.6 is 11.6 Å². The molecule has 0 aliphatic carbocycles. The third-order valence-electron chi connectivity index (χ3n) is 3.36. The van der Waals surface area contributed by atoms with Gasteiger partial charge in [-0.1, -0.05) is 23.7 Å². The SMILES string of the molecule is O=CN1CCN(C(=O)CNS(=O)(=O)c2ccccc2Cl)CC1. The Morgan fingerprint density at radius 1 is 1.23 bits per heavy atom. The number of piperazine rings is 1. The molecule has 7 nitrogen and oxygen atoms in total. The molecular formula is C13H16ClN3O4S. The third kappa shape index (κ3) is 3.96. The smallest absolute Gasteiger partial charge is 0.242 e. The van der Waals surface area contributed by atoms with Crippen molar-refractivity contribution >= 4 is 33.9 Å². The molecule has 0 spiro atoms. The standard InChI is InChI=1S/C13H16ClN3O4S/c14-11-3-1-2-4-12(11)22(20,21)15-9-13(19)17-7-5-16(10-18)6-8-17/h1-4,10,15H,5-9H2. The molecule has 120 valence electrons. The van der Waals surface area contributed by atoms with Crippen molar-refractivity contribution < 1.29 is 18.0 Å². The van der Waals surface area contributed by atoms with Gasteiger partial charge in [0.1, 0.15) is 4.90 Å². The van der Waals surface area contributed by atoms with Crippen LogP contribution in [0, 0.1) is 0 Å². The second kappa shape index (κ2) is 7.08. The molecule has 1 fully saturated rings. The number of sulfonamides is 1. The van der Waals surface area contributed by atoms with Crippen molar-refractivity contribution in [1.82, 2.24) is 14.5 Å². The van der Waals surface area contributed by atoms with Gasteiger partial charge in [0.05, 0.1) is 11.6 Å². The van der Waals surface area contributed by atoms with E-state index in [0.717, 1.165) is 6.41 Å². The van der Waals surface area contributed by atoms with E-state index in [1.165, 1.54) is 17.0 Å². The summed E-state index contributed by atoms with van der Waals surface area (Å²) in [5, 5.41) is 0.0991. The highest BCUT2D eigenvalue weighted by Crippen LogP contribution is 2.19. The first-order chi connectivity index (χ1) is 10.4. The summed E-state index contributed by atoms with van der Waals surface area (Å²) in [5.41, 5.74) is 0. The van der Waals surface area contributed by atoms with Gasteiger partial charge < -0.3 is 9.80 Å². The zero-order chi connectivity index (χ0) is 16.2. The van der Waals surface area contributed by atoms with Crippen LogP contribution in [0.2, 0.25) is 5.02 Å². The van der Waals surface area contributed by atoms with Gasteiger partial charge in [0.15, 0.2) is 0 Å². The Bertz CT molecular complexity index is 657. The molecule has 2 amide bonds. The molecule has 0 radical (unpaired) electrons. The first-order valence-corrected chi connectivity index (χ1v) is 8.51. The van der Waals surface area contributed by atoms with Crippen LogP contribution < -0.4 is 4.72 Å². The number of hydrogen-bond acceptors (Lipinski definition) is 4. The zero-order valence-electron chi connectivity index (χ0n) is 11.7. The highest BCUT2D eigenvalue weighted by atomic mass is 35.5. The number of nitrogens with one attached hydrogen (secondary N) is 1. The van der Waals surface area contributed by atoms with E-state index in [9.17, 15) is 18.0 Å². The summed E-state index contributed by atoms with van der Waals surface area (Å²) >= 11 is 5.85. The molecule has 1 N–H and O–H groups in total. The van der Waals surface area contributed by atoms with Gasteiger partial charge in [0.2, 0.25) is 22.3 Å². The Morgan fingerprint density at radius 3 is 2.45 bits per heavy atom. The Balaban J connectivity index is 1.94. The van der Waals surface area contributed by atoms with Crippen LogP contribution in [0.25, 0.3) is 0 Å². The van der Waals surface area contributed by atoms with E-state index in [2.05, 4.69) is 4.72 Å². The third-order valence-corrected chi connectivity index (χ3v) is 5.26. The van der Waals surface area contributed by atoms with Crippen LogP contribution in [0.4, 0.5) is 0 Å². The van der Waals surface area contributed by atoms with Crippen LogP contribution in [0.5, 0.6) is 0 Å². The Morgan fingerprint density at radius 2 is 1.86 bits per heavy atom. The van der Waals surface area contributed by atoms with Crippen molar-refractivity contribution in [3.05, 3.63) is 29.3 Å². The number of carbonyl (C=O) groups is 2. The van der Waals surface area contributed by atoms with Gasteiger partial charge in [0, 0.05) is 26.2 Å². The summed E-state index contributed by atoms with van der Waals surface area (Å²) in [5.74, 6) is -0.332. The predicted octanol–water partition coefficient (Wildman–Crippen LogP) is -0.0811. The first kappa shape index (κ1) is 16.7. The predicted molar refractivity (Wildman–Crippen MR) is 80.9 cm³/mol. The normalized spacial score (nSPS) is 15.7. The van der Waals surface area contributed by atoms with Gasteiger partial charge in [-0.2, -0.15) is 0 Å². The second-order valence-corrected chi connectivity index (χ2v) is 6.92. The minimum atomic E-state index is -3.84. The van der Waals surface area contributed by atoms with E-state index < -0.39 is 10.0 Å². The monoisotopic (exact) mass is 345 g/mol. The van der Waals surface area contributed by atoms with E-state index in [1.807, 2.05) is 0 Å². The van der Waals surface area contributed by atoms with Crippen molar-refractivity contribution in [3.63, 3.8) is 0 Å². The van der Waals surface area contributed by atoms with Crippen LogP contribution in [0.3, 0.4) is 0 Å². The summed E-state index contributed by atoms with van der Waals surface area (Å²) in [4.78, 5) is 25.6. The van der Waals surface area contributed by atoms with Crippen LogP contribution in [0.15, 0.2) is 29.2 Å². The number of hydrogen-bond donors (Lipinski definition) is 1. The minimum absolute atomic E-state index is 0.0600. The molecule has 1 aromatic rings. The number of benzene rings is 1. The van der Waals surface area contributed by atoms with E-state index >= 15 is 0 Å². The topological polar surface area (TPSA) is 86.8 Å². The second-order valence-electron chi connectivity index (χ2n) is 4.78. The zero-order valence-corrected chi connectivity index (χ0v) is 13.3. The Kier molecular flexibility index (Phi) is 5.38. The summed E-state index contributed by atoms with van der Waals surface area (Å²) in [6.45, 7) is 1.35. The molecule has 1 aliphatic rings. The molecular weight excluding hydrogens is 330 g/mol. The van der Waals surface area contributed by atoms with Crippen molar-refractivity contribution in [2.24, 2.45) is 0 Å². The van der Waals surface area contributed by atoms with Gasteiger partial charge in [-0.3, -0.25) is 9.59 Å². The van der Waals surface area contributed by atoms with Crippen molar-refractivity contribution in [2.45, 2.75) is 4.90 Å². The summed E-state index contributed by atoms with van der Waals surface area (Å²) < 4.78 is 26.5. The maximum Gasteiger partial charge on any atom is 0.242 e. The molecule has 2 rings (SSSR count). The van der Waals surface area contributed by atoms with Crippen molar-refractivity contribution in [1.29, 1.82) is 0 Å². The van der Waals surface area contributed by atoms with Crippen molar-refractivity contribution in [2.75, 3.05) is 32.7 Å². The van der Waals surface area contributed by atoms with Gasteiger partial charge in [0.25, 0.3) is 0 Å². The lowest BCUT2D eigenvalue weighted by Crippen LogP contribution is -2.50. The minimum Gasteiger partial charge on any atom is -0.342 e. The number of halogens is 1. The molecule has 1 heterocycles. The van der Waals surface area contributed by atoms with Crippen molar-refractivity contribution in [3.8, 4) is 0 Å². The molecule has 1 aliphatic heterocycles. The largest absolute Gasteiger partial charge is 0.342 e. The summed E-state index contributed by atoms with van der Waals surface area (Å²) in [7, 11) is -3.84. The molecule has 0 atom stereocenters. The Hall–Kier alpha value is -1.64. The maximum atomic E-state index is 12.1. The Labute approximate surface area is 133 Å². The number of carbonyl (C=O) groups excluding carboxylic acids is 2. The van der Waals surface area contributed by atoms with E-state index in [4.69, 9.17) is 11.6 Å². The molecule has 0 bridgehead atoms. The highest BCUT2D eigenvalue weighted by Gasteiger charge is 2.23. The maximum absolute atomic E-state index is 12.1. The average molecular weight is 346 g/mol. The van der Waals surface area contributed by atoms with Gasteiger partial charge in [-0.25, -0.2) is 13.1 Å². The molecule has 9 heteroatoms. The van der Waals surface area contributed by atoms with E-state index in [0.29, 0.717) is 26.2 Å². The lowest BCUT2D eigenvalue weighted by Gasteiger charge is -2.32. The number of amides is 2. The number of nitrogens with zero attached hydrogens (tertiary/aromatic N) is 2. The van der Waals surface area contributed by atoms with Gasteiger partial charge >= 0.3 is 0 Å². The first-order valence-electron chi connectivity index (χ1n) is 6.65. The fourth-order valence-corrected chi connectivity index (χ4v) is 3.58. The van der Waals surface area contributed by atoms with Gasteiger partial charge in [-0.05, 0) is 12.1 Å². The molecule has 0 saturated carbocycles. The van der Waals surface area contributed by atoms with E-state index in [-0.39, 0.29) is 22.4 Å². The van der Waals surface area contributed by atoms with Crippen LogP contribution in [0.1, 0.15) is 0 Å². The fraction of sp³-hybridized carbons (Fsp3) is 0.385. The average Bonchev–Trinajstić information content (AvgIpc) is 2.53. The molecule has 1 saturated heterocycles. The lowest BCUT2D eigenvalue weighted by atomic mass is 10.3.